The lowest BCUT2D eigenvalue weighted by Gasteiger charge is -2.33. The van der Waals surface area contributed by atoms with Crippen LogP contribution in [0.3, 0.4) is 0 Å². The van der Waals surface area contributed by atoms with Crippen molar-refractivity contribution in [1.29, 1.82) is 0 Å². The van der Waals surface area contributed by atoms with Gasteiger partial charge < -0.3 is 11.1 Å². The molecule has 0 heterocycles. The topological polar surface area (TPSA) is 84.2 Å². The molecule has 6 heteroatoms. The van der Waals surface area contributed by atoms with Gasteiger partial charge in [0, 0.05) is 17.8 Å². The molecule has 0 aromatic heterocycles. The summed E-state index contributed by atoms with van der Waals surface area (Å²) in [6.45, 7) is 0. The average Bonchev–Trinajstić information content (AvgIpc) is 2.13. The fourth-order valence-electron chi connectivity index (χ4n) is 1.90. The number of rotatable bonds is 4. The van der Waals surface area contributed by atoms with E-state index in [0.717, 1.165) is 24.8 Å². The molecule has 0 aliphatic heterocycles. The average molecular weight is 255 g/mol. The van der Waals surface area contributed by atoms with E-state index in [-0.39, 0.29) is 0 Å². The first-order chi connectivity index (χ1) is 7.92. The summed E-state index contributed by atoms with van der Waals surface area (Å²) in [6.07, 6.45) is 3.06. The first-order valence-electron chi connectivity index (χ1n) is 5.52. The fraction of sp³-hybridized carbons (Fsp3) is 0.455. The van der Waals surface area contributed by atoms with Gasteiger partial charge in [-0.2, -0.15) is 0 Å². The van der Waals surface area contributed by atoms with Crippen LogP contribution in [0.5, 0.6) is 0 Å². The highest BCUT2D eigenvalue weighted by atomic mass is 32.2. The summed E-state index contributed by atoms with van der Waals surface area (Å²) in [5.41, 5.74) is 7.19. The van der Waals surface area contributed by atoms with Crippen molar-refractivity contribution in [2.45, 2.75) is 24.9 Å². The van der Waals surface area contributed by atoms with Crippen molar-refractivity contribution in [1.82, 2.24) is 0 Å². The van der Waals surface area contributed by atoms with Gasteiger partial charge >= 0.3 is 0 Å². The molecule has 1 aliphatic rings. The number of benzene rings is 1. The molecule has 1 aliphatic carbocycles. The molecule has 0 spiro atoms. The molecule has 0 bridgehead atoms. The van der Waals surface area contributed by atoms with Crippen molar-refractivity contribution in [3.05, 3.63) is 24.3 Å². The third-order valence-electron chi connectivity index (χ3n) is 2.71. The molecule has 5 nitrogen and oxygen atoms in total. The number of hydrogen-bond acceptors (Lipinski definition) is 4. The number of hydrogen-bond donors (Lipinski definition) is 3. The third kappa shape index (κ3) is 3.61. The molecule has 1 fully saturated rings. The molecule has 0 unspecified atom stereocenters. The number of nitrogens with one attached hydrogen (secondary N) is 2. The highest BCUT2D eigenvalue weighted by Crippen LogP contribution is 2.24. The van der Waals surface area contributed by atoms with Gasteiger partial charge in [-0.05, 0) is 31.0 Å². The van der Waals surface area contributed by atoms with E-state index in [0.29, 0.717) is 17.8 Å². The third-order valence-corrected chi connectivity index (χ3v) is 3.32. The lowest BCUT2D eigenvalue weighted by molar-refractivity contribution is 0.374. The van der Waals surface area contributed by atoms with E-state index in [2.05, 4.69) is 10.0 Å². The Kier molecular flexibility index (Phi) is 3.26. The number of nitrogens with two attached hydrogens (primary N) is 1. The van der Waals surface area contributed by atoms with Crippen molar-refractivity contribution in [3.63, 3.8) is 0 Å². The second-order valence-electron chi connectivity index (χ2n) is 4.53. The van der Waals surface area contributed by atoms with Crippen LogP contribution in [-0.4, -0.2) is 26.8 Å². The zero-order valence-corrected chi connectivity index (χ0v) is 10.5. The van der Waals surface area contributed by atoms with Crippen LogP contribution in [0.15, 0.2) is 24.3 Å². The monoisotopic (exact) mass is 255 g/mol. The summed E-state index contributed by atoms with van der Waals surface area (Å²) >= 11 is 0. The molecular weight excluding hydrogens is 238 g/mol. The van der Waals surface area contributed by atoms with Crippen LogP contribution < -0.4 is 15.8 Å². The molecule has 0 atom stereocenters. The largest absolute Gasteiger partial charge is 0.382 e. The van der Waals surface area contributed by atoms with Crippen LogP contribution in [0.4, 0.5) is 11.4 Å². The highest BCUT2D eigenvalue weighted by molar-refractivity contribution is 7.92. The van der Waals surface area contributed by atoms with E-state index < -0.39 is 10.0 Å². The summed E-state index contributed by atoms with van der Waals surface area (Å²) in [5.74, 6) is 0. The molecule has 0 saturated heterocycles. The maximum atomic E-state index is 11.1. The van der Waals surface area contributed by atoms with Crippen LogP contribution in [0.25, 0.3) is 0 Å². The summed E-state index contributed by atoms with van der Waals surface area (Å²) in [5, 5.41) is 3.32. The molecule has 1 saturated carbocycles. The van der Waals surface area contributed by atoms with E-state index in [1.54, 1.807) is 12.1 Å². The van der Waals surface area contributed by atoms with Crippen LogP contribution in [0, 0.1) is 0 Å². The zero-order valence-electron chi connectivity index (χ0n) is 9.68. The lowest BCUT2D eigenvalue weighted by atomic mass is 9.87. The van der Waals surface area contributed by atoms with Crippen molar-refractivity contribution >= 4 is 21.4 Å². The van der Waals surface area contributed by atoms with Crippen LogP contribution >= 0.6 is 0 Å². The molecule has 1 aromatic carbocycles. The van der Waals surface area contributed by atoms with E-state index in [4.69, 9.17) is 5.73 Å². The van der Waals surface area contributed by atoms with Crippen LogP contribution in [-0.2, 0) is 10.0 Å². The Morgan fingerprint density at radius 2 is 1.94 bits per heavy atom. The Bertz CT molecular complexity index is 495. The van der Waals surface area contributed by atoms with E-state index in [1.807, 2.05) is 12.1 Å². The van der Waals surface area contributed by atoms with Gasteiger partial charge in [0.05, 0.1) is 11.9 Å². The predicted molar refractivity (Wildman–Crippen MR) is 69.5 cm³/mol. The Balaban J connectivity index is 2.01. The first kappa shape index (κ1) is 12.2. The van der Waals surface area contributed by atoms with Gasteiger partial charge in [-0.3, -0.25) is 4.72 Å². The molecule has 4 N–H and O–H groups in total. The lowest BCUT2D eigenvalue weighted by Crippen LogP contribution is -2.44. The maximum Gasteiger partial charge on any atom is 0.229 e. The molecule has 1 aromatic rings. The van der Waals surface area contributed by atoms with E-state index >= 15 is 0 Å². The molecular formula is C11H17N3O2S. The SMILES string of the molecule is CS(=O)(=O)Nc1cccc(NC2CC(N)C2)c1. The van der Waals surface area contributed by atoms with Crippen LogP contribution in [0.2, 0.25) is 0 Å². The van der Waals surface area contributed by atoms with Crippen molar-refractivity contribution < 1.29 is 8.42 Å². The van der Waals surface area contributed by atoms with Gasteiger partial charge in [-0.15, -0.1) is 0 Å². The van der Waals surface area contributed by atoms with Gasteiger partial charge in [-0.25, -0.2) is 8.42 Å². The first-order valence-corrected chi connectivity index (χ1v) is 7.41. The van der Waals surface area contributed by atoms with Gasteiger partial charge in [0.15, 0.2) is 0 Å². The second kappa shape index (κ2) is 4.54. The fourth-order valence-corrected chi connectivity index (χ4v) is 2.46. The standard InChI is InChI=1S/C11H17N3O2S/c1-17(15,16)14-10-4-2-3-9(7-10)13-11-5-8(12)6-11/h2-4,7-8,11,13-14H,5-6,12H2,1H3. The number of anilines is 2. The molecule has 2 rings (SSSR count). The minimum atomic E-state index is -3.22. The summed E-state index contributed by atoms with van der Waals surface area (Å²) in [4.78, 5) is 0. The minimum absolute atomic E-state index is 0.296. The summed E-state index contributed by atoms with van der Waals surface area (Å²) < 4.78 is 24.6. The van der Waals surface area contributed by atoms with Gasteiger partial charge in [-0.1, -0.05) is 6.07 Å². The second-order valence-corrected chi connectivity index (χ2v) is 6.28. The van der Waals surface area contributed by atoms with Gasteiger partial charge in [0.25, 0.3) is 0 Å². The summed E-state index contributed by atoms with van der Waals surface area (Å²) in [7, 11) is -3.22. The van der Waals surface area contributed by atoms with Crippen molar-refractivity contribution in [2.24, 2.45) is 5.73 Å². The van der Waals surface area contributed by atoms with Gasteiger partial charge in [0.1, 0.15) is 0 Å². The zero-order chi connectivity index (χ0) is 12.5. The number of sulfonamides is 1. The highest BCUT2D eigenvalue weighted by Gasteiger charge is 2.25. The Labute approximate surface area is 101 Å². The molecule has 94 valence electrons. The quantitative estimate of drug-likeness (QED) is 0.748. The molecule has 0 amide bonds. The molecule has 17 heavy (non-hydrogen) atoms. The summed E-state index contributed by atoms with van der Waals surface area (Å²) in [6, 6.07) is 7.93. The minimum Gasteiger partial charge on any atom is -0.382 e. The smallest absolute Gasteiger partial charge is 0.229 e. The van der Waals surface area contributed by atoms with E-state index in [9.17, 15) is 8.42 Å². The predicted octanol–water partition coefficient (Wildman–Crippen LogP) is 0.960. The Morgan fingerprint density at radius 1 is 1.29 bits per heavy atom. The Morgan fingerprint density at radius 3 is 2.53 bits per heavy atom. The molecule has 0 radical (unpaired) electrons. The van der Waals surface area contributed by atoms with Crippen molar-refractivity contribution in [3.8, 4) is 0 Å². The van der Waals surface area contributed by atoms with Crippen LogP contribution in [0.1, 0.15) is 12.8 Å². The van der Waals surface area contributed by atoms with Crippen molar-refractivity contribution in [2.75, 3.05) is 16.3 Å². The maximum absolute atomic E-state index is 11.1. The normalized spacial score (nSPS) is 23.9. The van der Waals surface area contributed by atoms with E-state index in [1.165, 1.54) is 0 Å². The van der Waals surface area contributed by atoms with Gasteiger partial charge in [0.2, 0.25) is 10.0 Å². The Hall–Kier alpha value is -1.27.